The minimum absolute atomic E-state index is 0.00478. The van der Waals surface area contributed by atoms with Crippen molar-refractivity contribution in [2.24, 2.45) is 0 Å². The zero-order chi connectivity index (χ0) is 64.9. The predicted octanol–water partition coefficient (Wildman–Crippen LogP) is 9.75. The normalized spacial score (nSPS) is 26.5. The lowest BCUT2D eigenvalue weighted by atomic mass is 9.94. The van der Waals surface area contributed by atoms with Gasteiger partial charge in [-0.15, -0.1) is 0 Å². The van der Waals surface area contributed by atoms with E-state index in [1.165, 1.54) is 28.3 Å². The molecule has 0 radical (unpaired) electrons. The number of rotatable bonds is 32. The first-order valence-corrected chi connectivity index (χ1v) is 32.8. The molecule has 3 saturated heterocycles. The van der Waals surface area contributed by atoms with Crippen LogP contribution in [0.1, 0.15) is 53.6 Å². The largest absolute Gasteiger partial charge is 0.467 e. The maximum atomic E-state index is 14.7. The van der Waals surface area contributed by atoms with E-state index in [0.717, 1.165) is 44.2 Å². The van der Waals surface area contributed by atoms with Crippen LogP contribution in [0.25, 0.3) is 10.8 Å². The van der Waals surface area contributed by atoms with Gasteiger partial charge in [-0.2, -0.15) is 8.42 Å². The number of carbonyl (C=O) groups is 2. The molecule has 3 heterocycles. The highest BCUT2D eigenvalue weighted by atomic mass is 32.2. The highest BCUT2D eigenvalue weighted by Crippen LogP contribution is 2.40. The summed E-state index contributed by atoms with van der Waals surface area (Å²) >= 11 is 0. The molecule has 7 aromatic carbocycles. The molecular weight excluding hydrogens is 1220 g/mol. The van der Waals surface area contributed by atoms with E-state index in [9.17, 15) is 18.0 Å². The number of ether oxygens (including phenoxy) is 15. The van der Waals surface area contributed by atoms with Gasteiger partial charge in [0.1, 0.15) is 54.9 Å². The van der Waals surface area contributed by atoms with Gasteiger partial charge in [-0.1, -0.05) is 188 Å². The van der Waals surface area contributed by atoms with Crippen molar-refractivity contribution in [3.63, 3.8) is 0 Å². The molecule has 3 fully saturated rings. The molecule has 0 unspecified atom stereocenters. The molecule has 15 atom stereocenters. The Kier molecular flexibility index (Phi) is 25.6. The van der Waals surface area contributed by atoms with Gasteiger partial charge in [-0.3, -0.25) is 8.98 Å². The average Bonchev–Trinajstić information content (AvgIpc) is 0.773. The third-order valence-corrected chi connectivity index (χ3v) is 17.6. The Balaban J connectivity index is 1.03. The number of fused-ring (bicyclic) bond motifs is 1. The molecule has 0 amide bonds. The van der Waals surface area contributed by atoms with Gasteiger partial charge < -0.3 is 71.1 Å². The summed E-state index contributed by atoms with van der Waals surface area (Å²) in [6.45, 7) is 3.07. The second kappa shape index (κ2) is 34.5. The maximum Gasteiger partial charge on any atom is 0.337 e. The predicted molar refractivity (Wildman–Crippen MR) is 340 cm³/mol. The number of methoxy groups -OCH3 is 3. The summed E-state index contributed by atoms with van der Waals surface area (Å²) in [6, 6.07) is 61.5. The molecule has 3 aliphatic heterocycles. The van der Waals surface area contributed by atoms with Crippen LogP contribution in [0.4, 0.5) is 0 Å². The SMILES string of the molecule is CCOS(=O)(=O)CC[C@H]1O[C@H](O[C@H]2[C@H](OC)[C@@H](OC(C)=O)[C@H](O[C@H]3[C@H](OCc4ccccc4)[C@@H](OCc4ccccc4)[C@@H](OC)O[C@@H]3COCc3ccccc3)O[C@H]2C(=O)OC)[C@H](OCc2ccccc2)[C@@H](OCc2ccccc2)[C@@H]1OCc1ccc2ccccc2c1. The fraction of sp³-hybridized carbons (Fsp3) is 0.417. The van der Waals surface area contributed by atoms with Crippen LogP contribution in [0.3, 0.4) is 0 Å². The standard InChI is InChI=1S/C72H82O20S/c1-6-86-93(75,76)39-38-57-59(81-46-54-36-37-55-34-22-23-35-56(55)40-54)62(82-42-50-26-14-8-15-27-50)67(85-45-53-32-20-11-21-33-53)71(88-57)91-64-61(77-3)68(87-48(2)73)72(92-65(64)69(74)78-4)90-60-58(47-80-41-49-24-12-7-13-25-49)89-70(79-5)66(84-44-52-30-18-10-19-31-52)63(60)83-43-51-28-16-9-17-29-51/h7-37,40,57-68,70-72H,6,38-39,41-47H2,1-5H3/t57-,58-,59-,60-,61+,62+,63+,64+,65-,66-,67-,68-,70+,71-,72-/m1/s1. The van der Waals surface area contributed by atoms with Gasteiger partial charge in [0.05, 0.1) is 71.8 Å². The van der Waals surface area contributed by atoms with Crippen LogP contribution in [0.5, 0.6) is 0 Å². The smallest absolute Gasteiger partial charge is 0.337 e. The zero-order valence-electron chi connectivity index (χ0n) is 52.8. The van der Waals surface area contributed by atoms with Gasteiger partial charge in [0.15, 0.2) is 31.1 Å². The number of hydrogen-bond acceptors (Lipinski definition) is 20. The highest BCUT2D eigenvalue weighted by molar-refractivity contribution is 7.86. The Bertz CT molecular complexity index is 3480. The number of esters is 2. The van der Waals surface area contributed by atoms with Gasteiger partial charge in [0.25, 0.3) is 10.1 Å². The van der Waals surface area contributed by atoms with Crippen LogP contribution < -0.4 is 0 Å². The summed E-state index contributed by atoms with van der Waals surface area (Å²) in [4.78, 5) is 28.4. The lowest BCUT2D eigenvalue weighted by molar-refractivity contribution is -0.383. The first-order valence-electron chi connectivity index (χ1n) is 31.2. The Morgan fingerprint density at radius 2 is 0.882 bits per heavy atom. The molecule has 21 heteroatoms. The molecule has 7 aromatic rings. The Hall–Kier alpha value is -6.87. The summed E-state index contributed by atoms with van der Waals surface area (Å²) in [5, 5.41) is 2.02. The van der Waals surface area contributed by atoms with Crippen molar-refractivity contribution >= 4 is 32.8 Å². The summed E-state index contributed by atoms with van der Waals surface area (Å²) in [5.74, 6) is -2.21. The second-order valence-electron chi connectivity index (χ2n) is 22.7. The lowest BCUT2D eigenvalue weighted by Crippen LogP contribution is -2.68. The van der Waals surface area contributed by atoms with Crippen molar-refractivity contribution in [2.75, 3.05) is 40.3 Å². The molecule has 93 heavy (non-hydrogen) atoms. The van der Waals surface area contributed by atoms with E-state index in [4.69, 9.17) is 75.2 Å². The number of benzene rings is 7. The van der Waals surface area contributed by atoms with Crippen molar-refractivity contribution in [1.29, 1.82) is 0 Å². The first-order chi connectivity index (χ1) is 45.4. The van der Waals surface area contributed by atoms with Crippen LogP contribution in [-0.4, -0.2) is 153 Å². The molecule has 0 bridgehead atoms. The van der Waals surface area contributed by atoms with Gasteiger partial charge in [0, 0.05) is 21.1 Å². The molecular formula is C72H82O20S. The van der Waals surface area contributed by atoms with Crippen molar-refractivity contribution in [3.8, 4) is 0 Å². The Morgan fingerprint density at radius 3 is 1.40 bits per heavy atom. The molecule has 0 spiro atoms. The number of hydrogen-bond donors (Lipinski definition) is 0. The fourth-order valence-electron chi connectivity index (χ4n) is 11.7. The lowest BCUT2D eigenvalue weighted by Gasteiger charge is -2.51. The van der Waals surface area contributed by atoms with E-state index in [-0.39, 0.29) is 59.3 Å². The topological polar surface area (TPSA) is 216 Å². The van der Waals surface area contributed by atoms with Gasteiger partial charge in [-0.25, -0.2) is 4.79 Å². The van der Waals surface area contributed by atoms with Crippen LogP contribution >= 0.6 is 0 Å². The quantitative estimate of drug-likeness (QED) is 0.0283. The molecule has 0 N–H and O–H groups in total. The zero-order valence-corrected chi connectivity index (χ0v) is 53.6. The number of carbonyl (C=O) groups excluding carboxylic acids is 2. The Labute approximate surface area is 543 Å². The van der Waals surface area contributed by atoms with E-state index in [1.807, 2.05) is 194 Å². The van der Waals surface area contributed by atoms with Crippen molar-refractivity contribution < 1.29 is 93.2 Å². The van der Waals surface area contributed by atoms with Crippen LogP contribution in [0, 0.1) is 0 Å². The minimum atomic E-state index is -4.12. The van der Waals surface area contributed by atoms with Crippen molar-refractivity contribution in [2.45, 2.75) is 152 Å². The summed E-state index contributed by atoms with van der Waals surface area (Å²) < 4.78 is 132. The Morgan fingerprint density at radius 1 is 0.430 bits per heavy atom. The van der Waals surface area contributed by atoms with Crippen molar-refractivity contribution in [1.82, 2.24) is 0 Å². The van der Waals surface area contributed by atoms with E-state index < -0.39 is 120 Å². The molecule has 0 aromatic heterocycles. The second-order valence-corrected chi connectivity index (χ2v) is 24.5. The minimum Gasteiger partial charge on any atom is -0.467 e. The average molecular weight is 1300 g/mol. The van der Waals surface area contributed by atoms with E-state index in [1.54, 1.807) is 6.92 Å². The monoisotopic (exact) mass is 1300 g/mol. The van der Waals surface area contributed by atoms with Crippen LogP contribution in [-0.2, 0) is 135 Å². The van der Waals surface area contributed by atoms with Crippen LogP contribution in [0.15, 0.2) is 194 Å². The van der Waals surface area contributed by atoms with E-state index in [2.05, 4.69) is 0 Å². The van der Waals surface area contributed by atoms with E-state index >= 15 is 0 Å². The molecule has 20 nitrogen and oxygen atoms in total. The van der Waals surface area contributed by atoms with Gasteiger partial charge in [-0.05, 0) is 63.6 Å². The van der Waals surface area contributed by atoms with Crippen molar-refractivity contribution in [3.05, 3.63) is 228 Å². The molecule has 496 valence electrons. The van der Waals surface area contributed by atoms with Gasteiger partial charge >= 0.3 is 11.9 Å². The highest BCUT2D eigenvalue weighted by Gasteiger charge is 2.59. The molecule has 0 saturated carbocycles. The summed E-state index contributed by atoms with van der Waals surface area (Å²) in [7, 11) is -0.0757. The summed E-state index contributed by atoms with van der Waals surface area (Å²) in [5.41, 5.74) is 4.99. The third-order valence-electron chi connectivity index (χ3n) is 16.2. The van der Waals surface area contributed by atoms with Crippen LogP contribution in [0.2, 0.25) is 0 Å². The summed E-state index contributed by atoms with van der Waals surface area (Å²) in [6.07, 6.45) is -19.5. The van der Waals surface area contributed by atoms with Gasteiger partial charge in [0.2, 0.25) is 0 Å². The first kappa shape index (κ1) is 69.0. The fourth-order valence-corrected chi connectivity index (χ4v) is 12.7. The molecule has 3 aliphatic rings. The van der Waals surface area contributed by atoms with E-state index in [0.29, 0.717) is 0 Å². The third kappa shape index (κ3) is 19.0. The maximum absolute atomic E-state index is 14.7. The molecule has 0 aliphatic carbocycles. The molecule has 10 rings (SSSR count).